The standard InChI is InChI=1S/C35H60N2O6/c1-8-40-29(31(5,6)39)21-17-20(2)26-27(42-21)28(38)35(36)23-10-9-22-30(3,4)24(43-25-18-37-15-16-41-25)11-12-33(22)19-34(23,33)14-13-32(26,35)7/h20-29,37-39H,8-19,36H2,1-7H3/t20-,21?,22+,23?,24+,25+,26+,27?,28+,29+,32-,33-,34+,35+/m1/s1. The van der Waals surface area contributed by atoms with Crippen LogP contribution in [0.4, 0.5) is 0 Å². The summed E-state index contributed by atoms with van der Waals surface area (Å²) in [6.45, 7) is 18.1. The molecule has 8 heteroatoms. The number of nitrogens with one attached hydrogen (secondary N) is 1. The maximum absolute atomic E-state index is 12.4. The maximum atomic E-state index is 12.4. The number of morpholine rings is 1. The molecule has 2 saturated heterocycles. The largest absolute Gasteiger partial charge is 0.388 e. The van der Waals surface area contributed by atoms with Crippen molar-refractivity contribution in [2.75, 3.05) is 26.3 Å². The zero-order valence-corrected chi connectivity index (χ0v) is 27.9. The SMILES string of the molecule is CCO[C@@H](C1C[C@@H](C)[C@H]2C(O1)[C@H](O)[C@@]1(N)C3CC[C@H]4C(C)(C)[C@@H](O[C@H]5CNCCO5)CC[C@@]45C[C@@]35CC[C@]21C)C(C)(C)O. The van der Waals surface area contributed by atoms with Crippen LogP contribution in [0, 0.1) is 45.3 Å². The Bertz CT molecular complexity index is 1080. The number of ether oxygens (including phenoxy) is 4. The van der Waals surface area contributed by atoms with Gasteiger partial charge in [0.25, 0.3) is 0 Å². The molecule has 0 aromatic rings. The molecule has 246 valence electrons. The molecule has 0 bridgehead atoms. The van der Waals surface area contributed by atoms with Gasteiger partial charge in [-0.3, -0.25) is 0 Å². The number of nitrogens with two attached hydrogens (primary N) is 1. The highest BCUT2D eigenvalue weighted by atomic mass is 16.7. The molecule has 2 aliphatic heterocycles. The van der Waals surface area contributed by atoms with Crippen LogP contribution in [0.15, 0.2) is 0 Å². The Morgan fingerprint density at radius 3 is 2.47 bits per heavy atom. The molecule has 0 radical (unpaired) electrons. The van der Waals surface area contributed by atoms with E-state index in [9.17, 15) is 10.2 Å². The van der Waals surface area contributed by atoms with Gasteiger partial charge in [-0.2, -0.15) is 0 Å². The van der Waals surface area contributed by atoms with Gasteiger partial charge in [-0.05, 0) is 117 Å². The number of rotatable bonds is 6. The molecule has 5 N–H and O–H groups in total. The molecular weight excluding hydrogens is 544 g/mol. The van der Waals surface area contributed by atoms with Crippen LogP contribution >= 0.6 is 0 Å². The summed E-state index contributed by atoms with van der Waals surface area (Å²) in [5.74, 6) is 1.41. The van der Waals surface area contributed by atoms with Crippen LogP contribution < -0.4 is 11.1 Å². The predicted molar refractivity (Wildman–Crippen MR) is 164 cm³/mol. The molecule has 14 atom stereocenters. The molecule has 7 aliphatic rings. The van der Waals surface area contributed by atoms with Crippen LogP contribution in [0.2, 0.25) is 0 Å². The van der Waals surface area contributed by atoms with Crippen molar-refractivity contribution >= 4 is 0 Å². The minimum atomic E-state index is -1.04. The third kappa shape index (κ3) is 4.09. The van der Waals surface area contributed by atoms with Crippen molar-refractivity contribution in [2.45, 2.75) is 148 Å². The van der Waals surface area contributed by atoms with Crippen LogP contribution in [0.1, 0.15) is 99.8 Å². The normalized spacial score (nSPS) is 54.4. The number of aliphatic hydroxyl groups excluding tert-OH is 1. The van der Waals surface area contributed by atoms with Crippen LogP contribution in [-0.2, 0) is 18.9 Å². The average Bonchev–Trinajstić information content (AvgIpc) is 3.58. The topological polar surface area (TPSA) is 115 Å². The zero-order chi connectivity index (χ0) is 30.8. The van der Waals surface area contributed by atoms with Gasteiger partial charge in [-0.15, -0.1) is 0 Å². The van der Waals surface area contributed by atoms with Crippen LogP contribution in [0.25, 0.3) is 0 Å². The Morgan fingerprint density at radius 2 is 1.79 bits per heavy atom. The number of aliphatic hydroxyl groups is 2. The van der Waals surface area contributed by atoms with Gasteiger partial charge in [0.1, 0.15) is 6.10 Å². The van der Waals surface area contributed by atoms with Crippen LogP contribution in [-0.4, -0.2) is 84.5 Å². The third-order valence-electron chi connectivity index (χ3n) is 14.8. The van der Waals surface area contributed by atoms with E-state index in [1.807, 2.05) is 6.92 Å². The van der Waals surface area contributed by atoms with Gasteiger partial charge in [-0.25, -0.2) is 0 Å². The molecule has 2 spiro atoms. The second-order valence-corrected chi connectivity index (χ2v) is 17.4. The van der Waals surface area contributed by atoms with E-state index in [4.69, 9.17) is 24.7 Å². The van der Waals surface area contributed by atoms with Gasteiger partial charge < -0.3 is 40.2 Å². The summed E-state index contributed by atoms with van der Waals surface area (Å²) < 4.78 is 25.6. The fourth-order valence-electron chi connectivity index (χ4n) is 13.1. The highest BCUT2D eigenvalue weighted by Gasteiger charge is 2.85. The summed E-state index contributed by atoms with van der Waals surface area (Å²) in [6.07, 6.45) is 7.05. The highest BCUT2D eigenvalue weighted by Crippen LogP contribution is 2.87. The molecule has 2 heterocycles. The fourth-order valence-corrected chi connectivity index (χ4v) is 13.1. The van der Waals surface area contributed by atoms with E-state index in [2.05, 4.69) is 33.0 Å². The van der Waals surface area contributed by atoms with E-state index in [1.54, 1.807) is 13.8 Å². The summed E-state index contributed by atoms with van der Waals surface area (Å²) in [4.78, 5) is 0. The Hall–Kier alpha value is -0.320. The van der Waals surface area contributed by atoms with Gasteiger partial charge in [0.05, 0.1) is 42.2 Å². The van der Waals surface area contributed by atoms with E-state index < -0.39 is 23.3 Å². The lowest BCUT2D eigenvalue weighted by Crippen LogP contribution is -2.70. The second-order valence-electron chi connectivity index (χ2n) is 17.4. The average molecular weight is 605 g/mol. The quantitative estimate of drug-likeness (QED) is 0.360. The molecule has 5 aliphatic carbocycles. The molecule has 7 fully saturated rings. The summed E-state index contributed by atoms with van der Waals surface area (Å²) in [5, 5.41) is 26.8. The van der Waals surface area contributed by atoms with Gasteiger partial charge in [-0.1, -0.05) is 27.7 Å². The number of hydrogen-bond acceptors (Lipinski definition) is 8. The van der Waals surface area contributed by atoms with Crippen molar-refractivity contribution in [2.24, 2.45) is 51.1 Å². The molecular formula is C35H60N2O6. The van der Waals surface area contributed by atoms with Crippen molar-refractivity contribution in [1.82, 2.24) is 5.32 Å². The van der Waals surface area contributed by atoms with Crippen molar-refractivity contribution in [3.05, 3.63) is 0 Å². The molecule has 3 unspecified atom stereocenters. The Labute approximate surface area is 259 Å². The van der Waals surface area contributed by atoms with Gasteiger partial charge in [0.15, 0.2) is 6.29 Å². The molecule has 0 aromatic carbocycles. The Kier molecular flexibility index (Phi) is 7.34. The number of fused-ring (bicyclic) bond motifs is 4. The first kappa shape index (κ1) is 31.3. The van der Waals surface area contributed by atoms with Crippen molar-refractivity contribution in [1.29, 1.82) is 0 Å². The monoisotopic (exact) mass is 604 g/mol. The van der Waals surface area contributed by atoms with Crippen molar-refractivity contribution in [3.8, 4) is 0 Å². The minimum absolute atomic E-state index is 0.0640. The Morgan fingerprint density at radius 1 is 1.07 bits per heavy atom. The lowest BCUT2D eigenvalue weighted by Gasteiger charge is -2.63. The Balaban J connectivity index is 1.16. The first-order valence-corrected chi connectivity index (χ1v) is 17.6. The van der Waals surface area contributed by atoms with E-state index in [0.29, 0.717) is 36.4 Å². The number of hydrogen-bond donors (Lipinski definition) is 4. The molecule has 0 amide bonds. The fraction of sp³-hybridized carbons (Fsp3) is 1.00. The molecule has 7 rings (SSSR count). The molecule has 0 aromatic heterocycles. The molecule has 5 saturated carbocycles. The summed E-state index contributed by atoms with van der Waals surface area (Å²) >= 11 is 0. The maximum Gasteiger partial charge on any atom is 0.170 e. The van der Waals surface area contributed by atoms with E-state index in [1.165, 1.54) is 19.3 Å². The first-order chi connectivity index (χ1) is 20.2. The second kappa shape index (κ2) is 10.1. The summed E-state index contributed by atoms with van der Waals surface area (Å²) in [5.41, 5.74) is 6.42. The van der Waals surface area contributed by atoms with Crippen molar-refractivity contribution < 1.29 is 29.2 Å². The predicted octanol–water partition coefficient (Wildman–Crippen LogP) is 4.00. The highest BCUT2D eigenvalue weighted by molar-refractivity contribution is 5.35. The molecule has 8 nitrogen and oxygen atoms in total. The van der Waals surface area contributed by atoms with Gasteiger partial charge in [0.2, 0.25) is 0 Å². The summed E-state index contributed by atoms with van der Waals surface area (Å²) in [6, 6.07) is 0. The van der Waals surface area contributed by atoms with E-state index in [0.717, 1.165) is 45.2 Å². The van der Waals surface area contributed by atoms with Gasteiger partial charge >= 0.3 is 0 Å². The third-order valence-corrected chi connectivity index (χ3v) is 14.8. The zero-order valence-electron chi connectivity index (χ0n) is 27.9. The van der Waals surface area contributed by atoms with Gasteiger partial charge in [0, 0.05) is 19.7 Å². The lowest BCUT2D eigenvalue weighted by atomic mass is 9.43. The summed E-state index contributed by atoms with van der Waals surface area (Å²) in [7, 11) is 0. The molecule has 43 heavy (non-hydrogen) atoms. The first-order valence-electron chi connectivity index (χ1n) is 17.6. The lowest BCUT2D eigenvalue weighted by molar-refractivity contribution is -0.233. The van der Waals surface area contributed by atoms with Crippen LogP contribution in [0.3, 0.4) is 0 Å². The minimum Gasteiger partial charge on any atom is -0.388 e. The van der Waals surface area contributed by atoms with E-state index in [-0.39, 0.29) is 46.8 Å². The van der Waals surface area contributed by atoms with Crippen LogP contribution in [0.5, 0.6) is 0 Å². The van der Waals surface area contributed by atoms with E-state index >= 15 is 0 Å². The van der Waals surface area contributed by atoms with Crippen molar-refractivity contribution in [3.63, 3.8) is 0 Å². The smallest absolute Gasteiger partial charge is 0.170 e.